The second-order valence-corrected chi connectivity index (χ2v) is 6.49. The lowest BCUT2D eigenvalue weighted by Crippen LogP contribution is -2.14. The Morgan fingerprint density at radius 3 is 2.73 bits per heavy atom. The number of carbonyl (C=O) groups is 1. The third-order valence-electron chi connectivity index (χ3n) is 4.28. The molecule has 0 saturated carbocycles. The van der Waals surface area contributed by atoms with Gasteiger partial charge in [0.1, 0.15) is 0 Å². The zero-order valence-electron chi connectivity index (χ0n) is 14.3. The molecular formula is C18H16N6OS. The van der Waals surface area contributed by atoms with Gasteiger partial charge in [-0.3, -0.25) is 4.79 Å². The van der Waals surface area contributed by atoms with Crippen LogP contribution in [0.3, 0.4) is 0 Å². The molecule has 130 valence electrons. The van der Waals surface area contributed by atoms with Crippen LogP contribution in [0.4, 0.5) is 5.69 Å². The molecule has 0 fully saturated rings. The van der Waals surface area contributed by atoms with E-state index < -0.39 is 0 Å². The number of rotatable bonds is 4. The average molecular weight is 364 g/mol. The number of nitrogens with one attached hydrogen (secondary N) is 1. The Labute approximate surface area is 154 Å². The van der Waals surface area contributed by atoms with Gasteiger partial charge in [0.15, 0.2) is 5.69 Å². The van der Waals surface area contributed by atoms with Crippen molar-refractivity contribution >= 4 is 34.1 Å². The van der Waals surface area contributed by atoms with Gasteiger partial charge < -0.3 is 5.32 Å². The van der Waals surface area contributed by atoms with Crippen molar-refractivity contribution in [2.45, 2.75) is 20.4 Å². The van der Waals surface area contributed by atoms with Crippen molar-refractivity contribution in [1.29, 1.82) is 0 Å². The standard InChI is InChI=1S/C18H16N6OS/c1-11-16(22-26-21-11)10-24-12(2)17(20-23-24)18(25)19-15-9-5-7-13-6-3-4-8-14(13)15/h3-9H,10H2,1-2H3,(H,19,25). The second kappa shape index (κ2) is 6.64. The number of benzene rings is 2. The third-order valence-corrected chi connectivity index (χ3v) is 4.94. The van der Waals surface area contributed by atoms with Crippen LogP contribution in [0.5, 0.6) is 0 Å². The Morgan fingerprint density at radius 2 is 1.92 bits per heavy atom. The smallest absolute Gasteiger partial charge is 0.278 e. The minimum absolute atomic E-state index is 0.279. The summed E-state index contributed by atoms with van der Waals surface area (Å²) in [5.74, 6) is -0.279. The van der Waals surface area contributed by atoms with Crippen molar-refractivity contribution < 1.29 is 4.79 Å². The number of nitrogens with zero attached hydrogens (tertiary/aromatic N) is 5. The van der Waals surface area contributed by atoms with Crippen molar-refractivity contribution in [2.24, 2.45) is 0 Å². The maximum Gasteiger partial charge on any atom is 0.278 e. The molecule has 2 aromatic carbocycles. The number of carbonyl (C=O) groups excluding carboxylic acids is 1. The van der Waals surface area contributed by atoms with E-state index in [1.165, 1.54) is 11.7 Å². The van der Waals surface area contributed by atoms with Gasteiger partial charge in [-0.2, -0.15) is 8.75 Å². The molecule has 4 rings (SSSR count). The number of aryl methyl sites for hydroxylation is 1. The van der Waals surface area contributed by atoms with Crippen molar-refractivity contribution in [3.63, 3.8) is 0 Å². The summed E-state index contributed by atoms with van der Waals surface area (Å²) in [6, 6.07) is 13.7. The Balaban J connectivity index is 1.60. The predicted octanol–water partition coefficient (Wildman–Crippen LogP) is 3.20. The lowest BCUT2D eigenvalue weighted by molar-refractivity contribution is 0.102. The molecule has 4 aromatic rings. The van der Waals surface area contributed by atoms with Crippen molar-refractivity contribution in [2.75, 3.05) is 5.32 Å². The van der Waals surface area contributed by atoms with Crippen LogP contribution in [0.15, 0.2) is 42.5 Å². The molecule has 0 bridgehead atoms. The van der Waals surface area contributed by atoms with E-state index in [0.29, 0.717) is 17.9 Å². The zero-order chi connectivity index (χ0) is 18.1. The predicted molar refractivity (Wildman–Crippen MR) is 100 cm³/mol. The highest BCUT2D eigenvalue weighted by Crippen LogP contribution is 2.23. The minimum Gasteiger partial charge on any atom is -0.320 e. The van der Waals surface area contributed by atoms with Gasteiger partial charge in [-0.25, -0.2) is 4.68 Å². The monoisotopic (exact) mass is 364 g/mol. The van der Waals surface area contributed by atoms with E-state index in [2.05, 4.69) is 24.4 Å². The van der Waals surface area contributed by atoms with Gasteiger partial charge in [-0.1, -0.05) is 41.6 Å². The quantitative estimate of drug-likeness (QED) is 0.601. The van der Waals surface area contributed by atoms with Crippen LogP contribution in [0, 0.1) is 13.8 Å². The summed E-state index contributed by atoms with van der Waals surface area (Å²) >= 11 is 1.17. The van der Waals surface area contributed by atoms with E-state index in [1.54, 1.807) is 4.68 Å². The molecule has 8 heteroatoms. The number of amides is 1. The average Bonchev–Trinajstić information content (AvgIpc) is 3.22. The fourth-order valence-electron chi connectivity index (χ4n) is 2.77. The van der Waals surface area contributed by atoms with Gasteiger partial charge in [0.05, 0.1) is 35.4 Å². The number of anilines is 1. The summed E-state index contributed by atoms with van der Waals surface area (Å²) in [5.41, 5.74) is 3.45. The maximum atomic E-state index is 12.7. The van der Waals surface area contributed by atoms with Crippen LogP contribution in [0.2, 0.25) is 0 Å². The molecule has 2 aromatic heterocycles. The summed E-state index contributed by atoms with van der Waals surface area (Å²) in [4.78, 5) is 12.7. The maximum absolute atomic E-state index is 12.7. The second-order valence-electron chi connectivity index (χ2n) is 5.96. The molecule has 26 heavy (non-hydrogen) atoms. The molecule has 0 radical (unpaired) electrons. The molecule has 0 aliphatic rings. The molecule has 0 atom stereocenters. The highest BCUT2D eigenvalue weighted by molar-refractivity contribution is 6.99. The van der Waals surface area contributed by atoms with Gasteiger partial charge in [0.25, 0.3) is 5.91 Å². The molecule has 1 amide bonds. The van der Waals surface area contributed by atoms with Gasteiger partial charge in [-0.15, -0.1) is 5.10 Å². The molecule has 0 spiro atoms. The SMILES string of the molecule is Cc1nsnc1Cn1nnc(C(=O)Nc2cccc3ccccc23)c1C. The lowest BCUT2D eigenvalue weighted by Gasteiger charge is -2.08. The molecule has 0 unspecified atom stereocenters. The van der Waals surface area contributed by atoms with E-state index >= 15 is 0 Å². The highest BCUT2D eigenvalue weighted by Gasteiger charge is 2.18. The van der Waals surface area contributed by atoms with Crippen LogP contribution < -0.4 is 5.32 Å². The normalized spacial score (nSPS) is 11.0. The first kappa shape index (κ1) is 16.3. The number of aromatic nitrogens is 5. The van der Waals surface area contributed by atoms with Crippen LogP contribution in [-0.4, -0.2) is 29.6 Å². The van der Waals surface area contributed by atoms with Crippen molar-refractivity contribution in [3.05, 3.63) is 65.2 Å². The highest BCUT2D eigenvalue weighted by atomic mass is 32.1. The van der Waals surface area contributed by atoms with E-state index in [1.807, 2.05) is 56.3 Å². The number of hydrogen-bond donors (Lipinski definition) is 1. The zero-order valence-corrected chi connectivity index (χ0v) is 15.1. The van der Waals surface area contributed by atoms with Gasteiger partial charge in [0, 0.05) is 11.1 Å². The van der Waals surface area contributed by atoms with Crippen molar-refractivity contribution in [1.82, 2.24) is 23.7 Å². The summed E-state index contributed by atoms with van der Waals surface area (Å²) in [5, 5.41) is 13.2. The molecule has 7 nitrogen and oxygen atoms in total. The largest absolute Gasteiger partial charge is 0.320 e. The molecule has 0 aliphatic carbocycles. The molecule has 2 heterocycles. The van der Waals surface area contributed by atoms with Crippen LogP contribution in [0.25, 0.3) is 10.8 Å². The van der Waals surface area contributed by atoms with Gasteiger partial charge in [-0.05, 0) is 25.3 Å². The fourth-order valence-corrected chi connectivity index (χ4v) is 3.33. The summed E-state index contributed by atoms with van der Waals surface area (Å²) in [7, 11) is 0. The third kappa shape index (κ3) is 2.95. The van der Waals surface area contributed by atoms with E-state index in [-0.39, 0.29) is 5.91 Å². The number of fused-ring (bicyclic) bond motifs is 1. The Hall–Kier alpha value is -3.13. The summed E-state index contributed by atoms with van der Waals surface area (Å²) in [6.45, 7) is 4.18. The first-order chi connectivity index (χ1) is 12.6. The summed E-state index contributed by atoms with van der Waals surface area (Å²) in [6.07, 6.45) is 0. The Morgan fingerprint density at radius 1 is 1.12 bits per heavy atom. The van der Waals surface area contributed by atoms with Crippen LogP contribution in [-0.2, 0) is 6.54 Å². The Kier molecular flexibility index (Phi) is 4.18. The van der Waals surface area contributed by atoms with Crippen LogP contribution in [0.1, 0.15) is 27.6 Å². The molecule has 0 saturated heterocycles. The molecule has 0 aliphatic heterocycles. The van der Waals surface area contributed by atoms with Gasteiger partial charge in [0.2, 0.25) is 0 Å². The minimum atomic E-state index is -0.279. The first-order valence-electron chi connectivity index (χ1n) is 8.10. The van der Waals surface area contributed by atoms with Crippen LogP contribution >= 0.6 is 11.7 Å². The topological polar surface area (TPSA) is 85.6 Å². The number of hydrogen-bond acceptors (Lipinski definition) is 6. The lowest BCUT2D eigenvalue weighted by atomic mass is 10.1. The van der Waals surface area contributed by atoms with E-state index in [9.17, 15) is 4.79 Å². The summed E-state index contributed by atoms with van der Waals surface area (Å²) < 4.78 is 10.1. The first-order valence-corrected chi connectivity index (χ1v) is 8.84. The van der Waals surface area contributed by atoms with E-state index in [4.69, 9.17) is 0 Å². The van der Waals surface area contributed by atoms with Crippen molar-refractivity contribution in [3.8, 4) is 0 Å². The molecular weight excluding hydrogens is 348 g/mol. The van der Waals surface area contributed by atoms with Gasteiger partial charge >= 0.3 is 0 Å². The van der Waals surface area contributed by atoms with E-state index in [0.717, 1.165) is 27.8 Å². The fraction of sp³-hybridized carbons (Fsp3) is 0.167. The Bertz CT molecular complexity index is 1090. The molecule has 1 N–H and O–H groups in total.